The van der Waals surface area contributed by atoms with Crippen molar-refractivity contribution < 1.29 is 18.0 Å². The molecule has 0 aliphatic heterocycles. The highest BCUT2D eigenvalue weighted by Gasteiger charge is 2.33. The summed E-state index contributed by atoms with van der Waals surface area (Å²) in [7, 11) is -4.07. The molecule has 0 saturated heterocycles. The van der Waals surface area contributed by atoms with Gasteiger partial charge in [0.1, 0.15) is 12.6 Å². The molecule has 4 rings (SSSR count). The van der Waals surface area contributed by atoms with Crippen molar-refractivity contribution in [3.8, 4) is 0 Å². The third kappa shape index (κ3) is 7.31. The van der Waals surface area contributed by atoms with Crippen LogP contribution in [0.15, 0.2) is 88.2 Å². The number of amides is 2. The van der Waals surface area contributed by atoms with Gasteiger partial charge in [0.15, 0.2) is 0 Å². The number of nitrogens with one attached hydrogen (secondary N) is 1. The summed E-state index contributed by atoms with van der Waals surface area (Å²) < 4.78 is 29.7. The molecule has 2 amide bonds. The molecule has 9 heteroatoms. The van der Waals surface area contributed by atoms with Crippen molar-refractivity contribution in [2.45, 2.75) is 69.5 Å². The molecule has 0 spiro atoms. The van der Waals surface area contributed by atoms with Gasteiger partial charge >= 0.3 is 0 Å². The van der Waals surface area contributed by atoms with E-state index in [4.69, 9.17) is 0 Å². The Balaban J connectivity index is 1.68. The zero-order chi connectivity index (χ0) is 28.7. The Morgan fingerprint density at radius 1 is 0.950 bits per heavy atom. The van der Waals surface area contributed by atoms with Crippen LogP contribution in [0.25, 0.3) is 0 Å². The van der Waals surface area contributed by atoms with E-state index in [2.05, 4.69) is 21.2 Å². The Kier molecular flexibility index (Phi) is 10.0. The molecule has 1 N–H and O–H groups in total. The summed E-state index contributed by atoms with van der Waals surface area (Å²) in [6, 6.07) is 22.1. The molecule has 40 heavy (non-hydrogen) atoms. The van der Waals surface area contributed by atoms with Gasteiger partial charge < -0.3 is 10.2 Å². The highest BCUT2D eigenvalue weighted by atomic mass is 79.9. The third-order valence-electron chi connectivity index (χ3n) is 7.35. The Bertz CT molecular complexity index is 1410. The highest BCUT2D eigenvalue weighted by molar-refractivity contribution is 9.10. The summed E-state index contributed by atoms with van der Waals surface area (Å²) in [6.45, 7) is 3.43. The molecule has 0 bridgehead atoms. The van der Waals surface area contributed by atoms with Crippen LogP contribution in [0.4, 0.5) is 5.69 Å². The number of anilines is 1. The van der Waals surface area contributed by atoms with Crippen molar-refractivity contribution in [2.75, 3.05) is 10.8 Å². The lowest BCUT2D eigenvalue weighted by atomic mass is 10.1. The zero-order valence-electron chi connectivity index (χ0n) is 22.9. The van der Waals surface area contributed by atoms with Gasteiger partial charge in [-0.3, -0.25) is 13.9 Å². The molecule has 7 nitrogen and oxygen atoms in total. The number of halogens is 1. The molecule has 212 valence electrons. The molecule has 1 atom stereocenters. The van der Waals surface area contributed by atoms with Crippen LogP contribution in [0.5, 0.6) is 0 Å². The van der Waals surface area contributed by atoms with Gasteiger partial charge in [0.05, 0.1) is 10.6 Å². The van der Waals surface area contributed by atoms with Crippen molar-refractivity contribution >= 4 is 43.5 Å². The summed E-state index contributed by atoms with van der Waals surface area (Å²) in [6.07, 6.45) is 4.80. The van der Waals surface area contributed by atoms with Crippen LogP contribution in [-0.2, 0) is 32.6 Å². The lowest BCUT2D eigenvalue weighted by molar-refractivity contribution is -0.139. The van der Waals surface area contributed by atoms with E-state index >= 15 is 0 Å². The fourth-order valence-corrected chi connectivity index (χ4v) is 6.83. The summed E-state index contributed by atoms with van der Waals surface area (Å²) >= 11 is 3.48. The number of hydrogen-bond acceptors (Lipinski definition) is 4. The van der Waals surface area contributed by atoms with Gasteiger partial charge in [0.25, 0.3) is 10.0 Å². The largest absolute Gasteiger partial charge is 0.352 e. The van der Waals surface area contributed by atoms with E-state index in [0.717, 1.165) is 52.0 Å². The third-order valence-corrected chi connectivity index (χ3v) is 9.63. The van der Waals surface area contributed by atoms with Gasteiger partial charge in [0, 0.05) is 17.1 Å². The van der Waals surface area contributed by atoms with E-state index in [-0.39, 0.29) is 23.4 Å². The lowest BCUT2D eigenvalue weighted by Gasteiger charge is -2.32. The number of sulfonamides is 1. The summed E-state index contributed by atoms with van der Waals surface area (Å²) in [4.78, 5) is 28.9. The minimum absolute atomic E-state index is 0.0907. The maximum atomic E-state index is 14.0. The SMILES string of the molecule is CCc1ccc(N(CC(=O)N(Cc2cccc(Br)c2)C(C)C(=O)NC2CCCC2)S(=O)(=O)c2ccccc2)cc1. The second kappa shape index (κ2) is 13.5. The first-order chi connectivity index (χ1) is 19.2. The first-order valence-corrected chi connectivity index (χ1v) is 15.9. The Labute approximate surface area is 245 Å². The van der Waals surface area contributed by atoms with E-state index < -0.39 is 28.5 Å². The zero-order valence-corrected chi connectivity index (χ0v) is 25.3. The normalized spacial score (nSPS) is 14.5. The molecular weight excluding hydrogens is 590 g/mol. The smallest absolute Gasteiger partial charge is 0.264 e. The van der Waals surface area contributed by atoms with Crippen LogP contribution in [0.1, 0.15) is 50.7 Å². The van der Waals surface area contributed by atoms with Crippen LogP contribution < -0.4 is 9.62 Å². The number of hydrogen-bond donors (Lipinski definition) is 1. The maximum absolute atomic E-state index is 14.0. The molecule has 0 aromatic heterocycles. The number of benzene rings is 3. The van der Waals surface area contributed by atoms with Crippen molar-refractivity contribution in [2.24, 2.45) is 0 Å². The molecule has 1 fully saturated rings. The van der Waals surface area contributed by atoms with Crippen LogP contribution >= 0.6 is 15.9 Å². The van der Waals surface area contributed by atoms with Crippen molar-refractivity contribution in [1.82, 2.24) is 10.2 Å². The van der Waals surface area contributed by atoms with E-state index in [0.29, 0.717) is 5.69 Å². The molecule has 0 radical (unpaired) electrons. The predicted octanol–water partition coefficient (Wildman–Crippen LogP) is 5.68. The van der Waals surface area contributed by atoms with Gasteiger partial charge in [-0.2, -0.15) is 0 Å². The van der Waals surface area contributed by atoms with E-state index in [1.54, 1.807) is 37.3 Å². The van der Waals surface area contributed by atoms with Crippen LogP contribution in [0.2, 0.25) is 0 Å². The van der Waals surface area contributed by atoms with Crippen molar-refractivity contribution in [1.29, 1.82) is 0 Å². The molecule has 3 aromatic carbocycles. The molecule has 1 aliphatic carbocycles. The second-order valence-electron chi connectivity index (χ2n) is 10.2. The standard InChI is InChI=1S/C31H36BrN3O4S/c1-3-24-16-18-28(19-17-24)35(40(38,39)29-14-5-4-6-15-29)22-30(36)34(21-25-10-9-11-26(32)20-25)23(2)31(37)33-27-12-7-8-13-27/h4-6,9-11,14-20,23,27H,3,7-8,12-13,21-22H2,1-2H3,(H,33,37). The number of nitrogens with zero attached hydrogens (tertiary/aromatic N) is 2. The Hall–Kier alpha value is -3.17. The number of carbonyl (C=O) groups excluding carboxylic acids is 2. The average molecular weight is 627 g/mol. The van der Waals surface area contributed by atoms with Crippen LogP contribution in [0.3, 0.4) is 0 Å². The first kappa shape index (κ1) is 29.8. The van der Waals surface area contributed by atoms with Crippen molar-refractivity contribution in [3.63, 3.8) is 0 Å². The fourth-order valence-electron chi connectivity index (χ4n) is 4.95. The summed E-state index contributed by atoms with van der Waals surface area (Å²) in [5.74, 6) is -0.701. The average Bonchev–Trinajstić information content (AvgIpc) is 3.47. The Morgan fingerprint density at radius 3 is 2.25 bits per heavy atom. The van der Waals surface area contributed by atoms with Crippen LogP contribution in [-0.4, -0.2) is 43.8 Å². The lowest BCUT2D eigenvalue weighted by Crippen LogP contribution is -2.52. The molecule has 0 heterocycles. The minimum atomic E-state index is -4.07. The maximum Gasteiger partial charge on any atom is 0.264 e. The minimum Gasteiger partial charge on any atom is -0.352 e. The molecule has 3 aromatic rings. The van der Waals surface area contributed by atoms with Gasteiger partial charge in [-0.1, -0.05) is 78.2 Å². The molecular formula is C31H36BrN3O4S. The highest BCUT2D eigenvalue weighted by Crippen LogP contribution is 2.26. The van der Waals surface area contributed by atoms with Crippen molar-refractivity contribution in [3.05, 3.63) is 94.5 Å². The van der Waals surface area contributed by atoms with Gasteiger partial charge in [-0.15, -0.1) is 0 Å². The fraction of sp³-hybridized carbons (Fsp3) is 0.355. The van der Waals surface area contributed by atoms with Gasteiger partial charge in [0.2, 0.25) is 11.8 Å². The van der Waals surface area contributed by atoms with E-state index in [1.165, 1.54) is 17.0 Å². The first-order valence-electron chi connectivity index (χ1n) is 13.7. The number of carbonyl (C=O) groups is 2. The second-order valence-corrected chi connectivity index (χ2v) is 12.9. The van der Waals surface area contributed by atoms with E-state index in [9.17, 15) is 18.0 Å². The number of aryl methyl sites for hydroxylation is 1. The topological polar surface area (TPSA) is 86.8 Å². The van der Waals surface area contributed by atoms with Gasteiger partial charge in [-0.05, 0) is 73.7 Å². The van der Waals surface area contributed by atoms with E-state index in [1.807, 2.05) is 43.3 Å². The van der Waals surface area contributed by atoms with Gasteiger partial charge in [-0.25, -0.2) is 8.42 Å². The quantitative estimate of drug-likeness (QED) is 0.297. The monoisotopic (exact) mass is 625 g/mol. The molecule has 1 aliphatic rings. The predicted molar refractivity (Wildman–Crippen MR) is 161 cm³/mol. The summed E-state index contributed by atoms with van der Waals surface area (Å²) in [5, 5.41) is 3.09. The Morgan fingerprint density at radius 2 is 1.62 bits per heavy atom. The van der Waals surface area contributed by atoms with Crippen LogP contribution in [0, 0.1) is 0 Å². The molecule has 1 unspecified atom stereocenters. The number of rotatable bonds is 11. The summed E-state index contributed by atoms with van der Waals surface area (Å²) in [5.41, 5.74) is 2.27. The molecule has 1 saturated carbocycles.